The maximum absolute atomic E-state index is 11.1. The topological polar surface area (TPSA) is 63.1 Å². The first kappa shape index (κ1) is 10.1. The molecule has 1 aromatic rings. The normalized spacial score (nSPS) is 23.2. The second-order valence-corrected chi connectivity index (χ2v) is 4.87. The van der Waals surface area contributed by atoms with Crippen molar-refractivity contribution in [1.82, 2.24) is 9.97 Å². The van der Waals surface area contributed by atoms with Gasteiger partial charge in [0.2, 0.25) is 0 Å². The van der Waals surface area contributed by atoms with Crippen LogP contribution in [0.25, 0.3) is 0 Å². The van der Waals surface area contributed by atoms with Crippen molar-refractivity contribution in [3.05, 3.63) is 23.8 Å². The Kier molecular flexibility index (Phi) is 2.21. The maximum Gasteiger partial charge on any atom is 0.312 e. The van der Waals surface area contributed by atoms with Crippen molar-refractivity contribution < 1.29 is 9.90 Å². The first-order chi connectivity index (χ1) is 6.99. The Morgan fingerprint density at radius 1 is 1.60 bits per heavy atom. The highest BCUT2D eigenvalue weighted by atomic mass is 16.4. The minimum absolute atomic E-state index is 0.0147. The van der Waals surface area contributed by atoms with Crippen LogP contribution in [-0.2, 0) is 11.2 Å². The fraction of sp³-hybridized carbons (Fsp3) is 0.545. The lowest BCUT2D eigenvalue weighted by Crippen LogP contribution is -2.30. The predicted octanol–water partition coefficient (Wildman–Crippen LogP) is 1.62. The number of hydrogen-bond acceptors (Lipinski definition) is 3. The van der Waals surface area contributed by atoms with E-state index in [9.17, 15) is 4.79 Å². The van der Waals surface area contributed by atoms with Crippen molar-refractivity contribution in [2.45, 2.75) is 32.6 Å². The number of nitrogens with zero attached hydrogens (tertiary/aromatic N) is 2. The second-order valence-electron chi connectivity index (χ2n) is 4.87. The summed E-state index contributed by atoms with van der Waals surface area (Å²) in [6, 6.07) is 0. The number of carboxylic acids is 1. The number of hydrogen-bond donors (Lipinski definition) is 1. The average Bonchev–Trinajstić information content (AvgIpc) is 2.14. The summed E-state index contributed by atoms with van der Waals surface area (Å²) in [7, 11) is 0. The van der Waals surface area contributed by atoms with Crippen LogP contribution in [0.5, 0.6) is 0 Å². The van der Waals surface area contributed by atoms with Crippen molar-refractivity contribution in [3.63, 3.8) is 0 Å². The molecular formula is C11H14N2O2. The molecule has 4 heteroatoms. The predicted molar refractivity (Wildman–Crippen MR) is 54.5 cm³/mol. The first-order valence-corrected chi connectivity index (χ1v) is 5.01. The molecule has 0 spiro atoms. The molecule has 0 fully saturated rings. The molecule has 0 aromatic carbocycles. The molecule has 15 heavy (non-hydrogen) atoms. The zero-order valence-corrected chi connectivity index (χ0v) is 8.90. The van der Waals surface area contributed by atoms with Gasteiger partial charge in [-0.15, -0.1) is 0 Å². The van der Waals surface area contributed by atoms with E-state index < -0.39 is 11.9 Å². The number of aliphatic carboxylic acids is 1. The summed E-state index contributed by atoms with van der Waals surface area (Å²) in [5, 5.41) is 9.16. The average molecular weight is 206 g/mol. The Morgan fingerprint density at radius 3 is 3.00 bits per heavy atom. The summed E-state index contributed by atoms with van der Waals surface area (Å²) in [6.07, 6.45) is 4.66. The SMILES string of the molecule is CC1(C)Cc2cncnc2C(C(=O)O)C1. The van der Waals surface area contributed by atoms with Gasteiger partial charge in [-0.1, -0.05) is 13.8 Å². The minimum Gasteiger partial charge on any atom is -0.481 e. The molecule has 0 saturated heterocycles. The van der Waals surface area contributed by atoms with Crippen molar-refractivity contribution in [2.75, 3.05) is 0 Å². The number of fused-ring (bicyclic) bond motifs is 1. The molecule has 0 aliphatic heterocycles. The van der Waals surface area contributed by atoms with Gasteiger partial charge in [-0.2, -0.15) is 0 Å². The highest BCUT2D eigenvalue weighted by molar-refractivity contribution is 5.76. The van der Waals surface area contributed by atoms with E-state index in [1.165, 1.54) is 6.33 Å². The van der Waals surface area contributed by atoms with Crippen molar-refractivity contribution in [1.29, 1.82) is 0 Å². The summed E-state index contributed by atoms with van der Waals surface area (Å²) < 4.78 is 0. The molecule has 1 aliphatic carbocycles. The van der Waals surface area contributed by atoms with Gasteiger partial charge in [0.1, 0.15) is 6.33 Å². The van der Waals surface area contributed by atoms with Gasteiger partial charge in [0.25, 0.3) is 0 Å². The molecule has 1 heterocycles. The van der Waals surface area contributed by atoms with Crippen LogP contribution in [0.15, 0.2) is 12.5 Å². The molecule has 0 amide bonds. The summed E-state index contributed by atoms with van der Waals surface area (Å²) in [4.78, 5) is 19.2. The van der Waals surface area contributed by atoms with Crippen LogP contribution in [0.3, 0.4) is 0 Å². The summed E-state index contributed by atoms with van der Waals surface area (Å²) >= 11 is 0. The second kappa shape index (κ2) is 3.29. The van der Waals surface area contributed by atoms with E-state index in [1.54, 1.807) is 6.20 Å². The van der Waals surface area contributed by atoms with E-state index in [0.29, 0.717) is 12.1 Å². The monoisotopic (exact) mass is 206 g/mol. The van der Waals surface area contributed by atoms with Crippen LogP contribution in [0, 0.1) is 5.41 Å². The van der Waals surface area contributed by atoms with Crippen LogP contribution in [0.4, 0.5) is 0 Å². The molecule has 80 valence electrons. The summed E-state index contributed by atoms with van der Waals surface area (Å²) in [6.45, 7) is 4.16. The van der Waals surface area contributed by atoms with E-state index >= 15 is 0 Å². The van der Waals surface area contributed by atoms with Gasteiger partial charge in [0, 0.05) is 6.20 Å². The zero-order chi connectivity index (χ0) is 11.1. The van der Waals surface area contributed by atoms with Gasteiger partial charge < -0.3 is 5.11 Å². The number of carbonyl (C=O) groups is 1. The van der Waals surface area contributed by atoms with Gasteiger partial charge in [0.15, 0.2) is 0 Å². The Hall–Kier alpha value is -1.45. The molecule has 0 radical (unpaired) electrons. The smallest absolute Gasteiger partial charge is 0.312 e. The molecular weight excluding hydrogens is 192 g/mol. The number of rotatable bonds is 1. The van der Waals surface area contributed by atoms with Crippen LogP contribution in [-0.4, -0.2) is 21.0 Å². The molecule has 1 unspecified atom stereocenters. The molecule has 0 bridgehead atoms. The number of aromatic nitrogens is 2. The molecule has 0 saturated carbocycles. The lowest BCUT2D eigenvalue weighted by molar-refractivity contribution is -0.140. The Labute approximate surface area is 88.4 Å². The highest BCUT2D eigenvalue weighted by Gasteiger charge is 2.36. The largest absolute Gasteiger partial charge is 0.481 e. The zero-order valence-electron chi connectivity index (χ0n) is 8.90. The first-order valence-electron chi connectivity index (χ1n) is 5.01. The van der Waals surface area contributed by atoms with E-state index in [-0.39, 0.29) is 5.41 Å². The molecule has 4 nitrogen and oxygen atoms in total. The number of carboxylic acid groups (broad SMARTS) is 1. The van der Waals surface area contributed by atoms with Crippen molar-refractivity contribution >= 4 is 5.97 Å². The molecule has 1 atom stereocenters. The van der Waals surface area contributed by atoms with Gasteiger partial charge >= 0.3 is 5.97 Å². The fourth-order valence-corrected chi connectivity index (χ4v) is 2.26. The van der Waals surface area contributed by atoms with Crippen LogP contribution in [0.1, 0.15) is 37.4 Å². The highest BCUT2D eigenvalue weighted by Crippen LogP contribution is 2.40. The Balaban J connectivity index is 2.47. The molecule has 1 N–H and O–H groups in total. The third-order valence-electron chi connectivity index (χ3n) is 2.88. The summed E-state index contributed by atoms with van der Waals surface area (Å²) in [5.41, 5.74) is 1.68. The van der Waals surface area contributed by atoms with Crippen LogP contribution < -0.4 is 0 Å². The van der Waals surface area contributed by atoms with E-state index in [4.69, 9.17) is 5.11 Å². The molecule has 2 rings (SSSR count). The van der Waals surface area contributed by atoms with Gasteiger partial charge in [-0.3, -0.25) is 4.79 Å². The lowest BCUT2D eigenvalue weighted by Gasteiger charge is -2.33. The minimum atomic E-state index is -0.789. The molecule has 1 aromatic heterocycles. The van der Waals surface area contributed by atoms with Gasteiger partial charge in [0.05, 0.1) is 11.6 Å². The Bertz CT molecular complexity index is 401. The van der Waals surface area contributed by atoms with Crippen molar-refractivity contribution in [3.8, 4) is 0 Å². The van der Waals surface area contributed by atoms with E-state index in [2.05, 4.69) is 23.8 Å². The molecule has 1 aliphatic rings. The fourth-order valence-electron chi connectivity index (χ4n) is 2.26. The standard InChI is InChI=1S/C11H14N2O2/c1-11(2)3-7-5-12-6-13-9(7)8(4-11)10(14)15/h5-6,8H,3-4H2,1-2H3,(H,14,15). The third kappa shape index (κ3) is 1.84. The quantitative estimate of drug-likeness (QED) is 0.758. The van der Waals surface area contributed by atoms with E-state index in [0.717, 1.165) is 12.0 Å². The van der Waals surface area contributed by atoms with Crippen molar-refractivity contribution in [2.24, 2.45) is 5.41 Å². The Morgan fingerprint density at radius 2 is 2.33 bits per heavy atom. The van der Waals surface area contributed by atoms with Gasteiger partial charge in [-0.05, 0) is 23.8 Å². The van der Waals surface area contributed by atoms with Crippen LogP contribution in [0.2, 0.25) is 0 Å². The van der Waals surface area contributed by atoms with E-state index in [1.807, 2.05) is 0 Å². The lowest BCUT2D eigenvalue weighted by atomic mass is 9.71. The maximum atomic E-state index is 11.1. The van der Waals surface area contributed by atoms with Gasteiger partial charge in [-0.25, -0.2) is 9.97 Å². The van der Waals surface area contributed by atoms with Crippen LogP contribution >= 0.6 is 0 Å². The third-order valence-corrected chi connectivity index (χ3v) is 2.88. The summed E-state index contributed by atoms with van der Waals surface area (Å²) in [5.74, 6) is -1.27.